The van der Waals surface area contributed by atoms with Crippen molar-refractivity contribution in [2.24, 2.45) is 0 Å². The van der Waals surface area contributed by atoms with Crippen LogP contribution in [0.4, 0.5) is 8.78 Å². The molecule has 0 aliphatic carbocycles. The van der Waals surface area contributed by atoms with E-state index in [1.807, 2.05) is 18.2 Å². The van der Waals surface area contributed by atoms with Gasteiger partial charge in [0.1, 0.15) is 5.75 Å². The fraction of sp³-hybridized carbons (Fsp3) is 0.455. The molecule has 1 aliphatic rings. The fourth-order valence-electron chi connectivity index (χ4n) is 1.68. The van der Waals surface area contributed by atoms with E-state index in [1.165, 1.54) is 5.56 Å². The summed E-state index contributed by atoms with van der Waals surface area (Å²) in [7, 11) is 0. The number of fused-ring (bicyclic) bond motifs is 1. The minimum Gasteiger partial charge on any atom is -0.493 e. The predicted molar refractivity (Wildman–Crippen MR) is 53.4 cm³/mol. The number of benzene rings is 1. The Morgan fingerprint density at radius 3 is 3.07 bits per heavy atom. The van der Waals surface area contributed by atoms with E-state index in [-0.39, 0.29) is 6.54 Å². The van der Waals surface area contributed by atoms with Crippen molar-refractivity contribution in [3.8, 4) is 5.75 Å². The van der Waals surface area contributed by atoms with Crippen LogP contribution in [0.3, 0.4) is 0 Å². The monoisotopic (exact) mass is 213 g/mol. The molecule has 2 nitrogen and oxygen atoms in total. The topological polar surface area (TPSA) is 21.3 Å². The van der Waals surface area contributed by atoms with E-state index in [2.05, 4.69) is 5.32 Å². The number of halogens is 2. The zero-order valence-electron chi connectivity index (χ0n) is 8.30. The third-order valence-corrected chi connectivity index (χ3v) is 2.38. The summed E-state index contributed by atoms with van der Waals surface area (Å²) in [4.78, 5) is 0. The SMILES string of the molecule is FC(F)CNCc1ccc2c(c1)CCO2. The third kappa shape index (κ3) is 2.65. The van der Waals surface area contributed by atoms with E-state index < -0.39 is 6.43 Å². The Kier molecular flexibility index (Phi) is 3.16. The standard InChI is InChI=1S/C11H13F2NO/c12-11(13)7-14-6-8-1-2-10-9(5-8)3-4-15-10/h1-2,5,11,14H,3-4,6-7H2. The predicted octanol–water partition coefficient (Wildman–Crippen LogP) is 1.98. The second kappa shape index (κ2) is 4.57. The second-order valence-electron chi connectivity index (χ2n) is 3.56. The van der Waals surface area contributed by atoms with E-state index in [0.717, 1.165) is 24.3 Å². The molecule has 0 atom stereocenters. The van der Waals surface area contributed by atoms with Gasteiger partial charge in [-0.3, -0.25) is 0 Å². The van der Waals surface area contributed by atoms with Crippen molar-refractivity contribution in [2.75, 3.05) is 13.2 Å². The molecule has 0 spiro atoms. The molecule has 1 aromatic carbocycles. The first-order valence-corrected chi connectivity index (χ1v) is 4.99. The van der Waals surface area contributed by atoms with Crippen molar-refractivity contribution in [3.05, 3.63) is 29.3 Å². The first-order valence-electron chi connectivity index (χ1n) is 4.99. The maximum Gasteiger partial charge on any atom is 0.250 e. The lowest BCUT2D eigenvalue weighted by atomic mass is 10.1. The minimum atomic E-state index is -2.29. The van der Waals surface area contributed by atoms with Crippen LogP contribution in [-0.4, -0.2) is 19.6 Å². The molecule has 0 unspecified atom stereocenters. The van der Waals surface area contributed by atoms with Gasteiger partial charge in [0.05, 0.1) is 13.2 Å². The van der Waals surface area contributed by atoms with Crippen LogP contribution in [0.5, 0.6) is 5.75 Å². The van der Waals surface area contributed by atoms with Crippen LogP contribution in [0, 0.1) is 0 Å². The van der Waals surface area contributed by atoms with Crippen LogP contribution < -0.4 is 10.1 Å². The minimum absolute atomic E-state index is 0.256. The number of alkyl halides is 2. The van der Waals surface area contributed by atoms with Crippen molar-refractivity contribution in [1.82, 2.24) is 5.32 Å². The summed E-state index contributed by atoms with van der Waals surface area (Å²) >= 11 is 0. The molecule has 1 heterocycles. The maximum absolute atomic E-state index is 11.9. The van der Waals surface area contributed by atoms with Gasteiger partial charge >= 0.3 is 0 Å². The van der Waals surface area contributed by atoms with Crippen LogP contribution in [-0.2, 0) is 13.0 Å². The molecule has 0 aromatic heterocycles. The Morgan fingerprint density at radius 2 is 2.27 bits per heavy atom. The fourth-order valence-corrected chi connectivity index (χ4v) is 1.68. The van der Waals surface area contributed by atoms with Gasteiger partial charge in [-0.2, -0.15) is 0 Å². The number of hydrogen-bond donors (Lipinski definition) is 1. The first kappa shape index (κ1) is 10.4. The summed E-state index contributed by atoms with van der Waals surface area (Å²) in [6.07, 6.45) is -1.37. The van der Waals surface area contributed by atoms with Crippen LogP contribution in [0.2, 0.25) is 0 Å². The lowest BCUT2D eigenvalue weighted by molar-refractivity contribution is 0.145. The molecular weight excluding hydrogens is 200 g/mol. The highest BCUT2D eigenvalue weighted by Gasteiger charge is 2.11. The molecule has 4 heteroatoms. The van der Waals surface area contributed by atoms with Gasteiger partial charge in [-0.25, -0.2) is 8.78 Å². The zero-order chi connectivity index (χ0) is 10.7. The Balaban J connectivity index is 1.92. The van der Waals surface area contributed by atoms with Gasteiger partial charge in [-0.15, -0.1) is 0 Å². The molecule has 0 radical (unpaired) electrons. The Bertz CT molecular complexity index is 341. The summed E-state index contributed by atoms with van der Waals surface area (Å²) in [6.45, 7) is 0.953. The Morgan fingerprint density at radius 1 is 1.40 bits per heavy atom. The summed E-state index contributed by atoms with van der Waals surface area (Å²) < 4.78 is 29.1. The Hall–Kier alpha value is -1.16. The molecule has 0 amide bonds. The summed E-state index contributed by atoms with van der Waals surface area (Å²) in [5.74, 6) is 0.924. The summed E-state index contributed by atoms with van der Waals surface area (Å²) in [6, 6.07) is 5.82. The molecule has 1 aromatic rings. The molecule has 1 N–H and O–H groups in total. The number of ether oxygens (including phenoxy) is 1. The molecule has 0 bridgehead atoms. The molecule has 1 aliphatic heterocycles. The highest BCUT2D eigenvalue weighted by molar-refractivity contribution is 5.39. The highest BCUT2D eigenvalue weighted by Crippen LogP contribution is 2.25. The van der Waals surface area contributed by atoms with Gasteiger partial charge in [0.25, 0.3) is 6.43 Å². The van der Waals surface area contributed by atoms with Crippen molar-refractivity contribution in [2.45, 2.75) is 19.4 Å². The largest absolute Gasteiger partial charge is 0.493 e. The first-order chi connectivity index (χ1) is 7.25. The molecule has 82 valence electrons. The zero-order valence-corrected chi connectivity index (χ0v) is 8.30. The summed E-state index contributed by atoms with van der Waals surface area (Å²) in [5.41, 5.74) is 2.20. The van der Waals surface area contributed by atoms with Crippen LogP contribution >= 0.6 is 0 Å². The van der Waals surface area contributed by atoms with Crippen LogP contribution in [0.1, 0.15) is 11.1 Å². The van der Waals surface area contributed by atoms with Crippen molar-refractivity contribution in [1.29, 1.82) is 0 Å². The summed E-state index contributed by atoms with van der Waals surface area (Å²) in [5, 5.41) is 2.70. The Labute approximate surface area is 87.2 Å². The van der Waals surface area contributed by atoms with E-state index in [4.69, 9.17) is 4.74 Å². The lowest BCUT2D eigenvalue weighted by Gasteiger charge is -2.05. The average molecular weight is 213 g/mol. The van der Waals surface area contributed by atoms with Gasteiger partial charge in [-0.05, 0) is 17.2 Å². The highest BCUT2D eigenvalue weighted by atomic mass is 19.3. The number of rotatable bonds is 4. The van der Waals surface area contributed by atoms with Gasteiger partial charge in [-0.1, -0.05) is 12.1 Å². The van der Waals surface area contributed by atoms with Crippen LogP contribution in [0.25, 0.3) is 0 Å². The third-order valence-electron chi connectivity index (χ3n) is 2.38. The molecule has 15 heavy (non-hydrogen) atoms. The molecule has 0 fully saturated rings. The molecule has 0 saturated heterocycles. The van der Waals surface area contributed by atoms with Crippen molar-refractivity contribution >= 4 is 0 Å². The van der Waals surface area contributed by atoms with Crippen molar-refractivity contribution in [3.63, 3.8) is 0 Å². The maximum atomic E-state index is 11.9. The molecule has 0 saturated carbocycles. The van der Waals surface area contributed by atoms with Gasteiger partial charge in [0.15, 0.2) is 0 Å². The number of hydrogen-bond acceptors (Lipinski definition) is 2. The van der Waals surface area contributed by atoms with E-state index in [0.29, 0.717) is 6.54 Å². The molecular formula is C11H13F2NO. The van der Waals surface area contributed by atoms with Gasteiger partial charge in [0.2, 0.25) is 0 Å². The number of nitrogens with one attached hydrogen (secondary N) is 1. The van der Waals surface area contributed by atoms with Gasteiger partial charge < -0.3 is 10.1 Å². The quantitative estimate of drug-likeness (QED) is 0.825. The van der Waals surface area contributed by atoms with Gasteiger partial charge in [0, 0.05) is 13.0 Å². The smallest absolute Gasteiger partial charge is 0.250 e. The van der Waals surface area contributed by atoms with Crippen LogP contribution in [0.15, 0.2) is 18.2 Å². The van der Waals surface area contributed by atoms with Crippen molar-refractivity contribution < 1.29 is 13.5 Å². The van der Waals surface area contributed by atoms with E-state index in [9.17, 15) is 8.78 Å². The van der Waals surface area contributed by atoms with E-state index in [1.54, 1.807) is 0 Å². The average Bonchev–Trinajstić information content (AvgIpc) is 2.64. The molecule has 2 rings (SSSR count). The van der Waals surface area contributed by atoms with E-state index >= 15 is 0 Å². The normalized spacial score (nSPS) is 14.1. The second-order valence-corrected chi connectivity index (χ2v) is 3.56. The lowest BCUT2D eigenvalue weighted by Crippen LogP contribution is -2.20.